The molecule has 114 valence electrons. The molecule has 0 saturated heterocycles. The van der Waals surface area contributed by atoms with Crippen molar-refractivity contribution in [2.45, 2.75) is 53.1 Å². The zero-order valence-corrected chi connectivity index (χ0v) is 14.4. The third-order valence-corrected chi connectivity index (χ3v) is 5.25. The third kappa shape index (κ3) is 4.87. The monoisotopic (exact) mass is 294 g/mol. The fraction of sp³-hybridized carbons (Fsp3) is 0.765. The zero-order chi connectivity index (χ0) is 14.5. The van der Waals surface area contributed by atoms with E-state index in [1.54, 1.807) is 0 Å². The summed E-state index contributed by atoms with van der Waals surface area (Å²) in [6, 6.07) is 2.41. The van der Waals surface area contributed by atoms with Crippen LogP contribution in [0.3, 0.4) is 0 Å². The summed E-state index contributed by atoms with van der Waals surface area (Å²) in [5, 5.41) is 3.54. The van der Waals surface area contributed by atoms with Gasteiger partial charge in [-0.2, -0.15) is 0 Å². The van der Waals surface area contributed by atoms with E-state index in [-0.39, 0.29) is 0 Å². The van der Waals surface area contributed by atoms with Crippen LogP contribution in [0.25, 0.3) is 0 Å². The lowest BCUT2D eigenvalue weighted by molar-refractivity contribution is 0.200. The molecular formula is C17H30N2S. The molecule has 1 fully saturated rings. The van der Waals surface area contributed by atoms with Crippen molar-refractivity contribution in [3.8, 4) is 0 Å². The first-order valence-electron chi connectivity index (χ1n) is 8.02. The molecule has 1 saturated carbocycles. The summed E-state index contributed by atoms with van der Waals surface area (Å²) in [4.78, 5) is 5.48. The molecule has 3 heteroatoms. The fourth-order valence-electron chi connectivity index (χ4n) is 2.79. The molecule has 1 N–H and O–H groups in total. The van der Waals surface area contributed by atoms with Crippen LogP contribution in [-0.2, 0) is 13.1 Å². The van der Waals surface area contributed by atoms with Gasteiger partial charge in [-0.05, 0) is 56.8 Å². The quantitative estimate of drug-likeness (QED) is 0.778. The molecule has 1 aromatic rings. The van der Waals surface area contributed by atoms with E-state index in [9.17, 15) is 0 Å². The third-order valence-electron chi connectivity index (χ3n) is 4.16. The molecule has 0 spiro atoms. The normalized spacial score (nSPS) is 16.1. The molecule has 1 heterocycles. The van der Waals surface area contributed by atoms with Gasteiger partial charge in [-0.3, -0.25) is 0 Å². The molecule has 2 rings (SSSR count). The van der Waals surface area contributed by atoms with E-state index >= 15 is 0 Å². The van der Waals surface area contributed by atoms with Crippen molar-refractivity contribution in [2.75, 3.05) is 20.1 Å². The van der Waals surface area contributed by atoms with Crippen LogP contribution in [0.15, 0.2) is 6.07 Å². The maximum atomic E-state index is 3.54. The van der Waals surface area contributed by atoms with Crippen LogP contribution in [0.4, 0.5) is 0 Å². The summed E-state index contributed by atoms with van der Waals surface area (Å²) in [7, 11) is 2.27. The molecule has 0 aromatic carbocycles. The lowest BCUT2D eigenvalue weighted by Crippen LogP contribution is -2.29. The number of aryl methyl sites for hydroxylation is 1. The average molecular weight is 295 g/mol. The van der Waals surface area contributed by atoms with E-state index in [0.29, 0.717) is 0 Å². The van der Waals surface area contributed by atoms with Crippen molar-refractivity contribution < 1.29 is 0 Å². The Labute approximate surface area is 128 Å². The Bertz CT molecular complexity index is 407. The summed E-state index contributed by atoms with van der Waals surface area (Å²) in [6.45, 7) is 11.3. The van der Waals surface area contributed by atoms with E-state index in [1.165, 1.54) is 41.1 Å². The van der Waals surface area contributed by atoms with Crippen LogP contribution >= 0.6 is 11.3 Å². The molecule has 0 bridgehead atoms. The predicted octanol–water partition coefficient (Wildman–Crippen LogP) is 4.03. The lowest BCUT2D eigenvalue weighted by atomic mass is 9.85. The Hall–Kier alpha value is -0.380. The van der Waals surface area contributed by atoms with E-state index in [1.807, 2.05) is 11.3 Å². The molecule has 0 aliphatic heterocycles. The van der Waals surface area contributed by atoms with Crippen molar-refractivity contribution in [1.29, 1.82) is 0 Å². The lowest BCUT2D eigenvalue weighted by Gasteiger charge is -2.30. The van der Waals surface area contributed by atoms with Crippen LogP contribution in [0.1, 0.15) is 48.4 Å². The molecule has 0 radical (unpaired) electrons. The van der Waals surface area contributed by atoms with Gasteiger partial charge < -0.3 is 10.2 Å². The van der Waals surface area contributed by atoms with Crippen LogP contribution in [0.5, 0.6) is 0 Å². The maximum absolute atomic E-state index is 3.54. The predicted molar refractivity (Wildman–Crippen MR) is 89.3 cm³/mol. The molecule has 1 aliphatic rings. The van der Waals surface area contributed by atoms with Gasteiger partial charge in [0.2, 0.25) is 0 Å². The van der Waals surface area contributed by atoms with Gasteiger partial charge in [-0.15, -0.1) is 11.3 Å². The largest absolute Gasteiger partial charge is 0.312 e. The van der Waals surface area contributed by atoms with Crippen LogP contribution in [0, 0.1) is 18.8 Å². The van der Waals surface area contributed by atoms with Gasteiger partial charge in [0.25, 0.3) is 0 Å². The molecule has 0 unspecified atom stereocenters. The first kappa shape index (κ1) is 16.0. The highest BCUT2D eigenvalue weighted by molar-refractivity contribution is 7.12. The molecule has 1 aromatic heterocycles. The summed E-state index contributed by atoms with van der Waals surface area (Å²) >= 11 is 1.96. The topological polar surface area (TPSA) is 15.3 Å². The van der Waals surface area contributed by atoms with Gasteiger partial charge in [0, 0.05) is 29.4 Å². The van der Waals surface area contributed by atoms with Crippen molar-refractivity contribution in [3.05, 3.63) is 21.4 Å². The molecule has 1 aliphatic carbocycles. The minimum Gasteiger partial charge on any atom is -0.312 e. The van der Waals surface area contributed by atoms with Crippen molar-refractivity contribution in [1.82, 2.24) is 10.2 Å². The van der Waals surface area contributed by atoms with Gasteiger partial charge in [-0.25, -0.2) is 0 Å². The number of nitrogens with one attached hydrogen (secondary N) is 1. The SMILES string of the molecule is Cc1sc(CNCC(C)C)cc1CN(C)CC1CCC1. The standard InChI is InChI=1S/C17H30N2S/c1-13(2)9-18-10-17-8-16(14(3)20-17)12-19(4)11-15-6-5-7-15/h8,13,15,18H,5-7,9-12H2,1-4H3. The van der Waals surface area contributed by atoms with E-state index in [2.05, 4.69) is 44.1 Å². The van der Waals surface area contributed by atoms with Gasteiger partial charge in [0.1, 0.15) is 0 Å². The Morgan fingerprint density at radius 3 is 2.75 bits per heavy atom. The smallest absolute Gasteiger partial charge is 0.0300 e. The van der Waals surface area contributed by atoms with Crippen LogP contribution < -0.4 is 5.32 Å². The fourth-order valence-corrected chi connectivity index (χ4v) is 3.81. The van der Waals surface area contributed by atoms with Gasteiger partial charge in [0.15, 0.2) is 0 Å². The second-order valence-electron chi connectivity index (χ2n) is 6.81. The van der Waals surface area contributed by atoms with Gasteiger partial charge >= 0.3 is 0 Å². The Balaban J connectivity index is 1.80. The van der Waals surface area contributed by atoms with Crippen molar-refractivity contribution in [3.63, 3.8) is 0 Å². The minimum atomic E-state index is 0.726. The highest BCUT2D eigenvalue weighted by Crippen LogP contribution is 2.28. The van der Waals surface area contributed by atoms with E-state index < -0.39 is 0 Å². The number of thiophene rings is 1. The van der Waals surface area contributed by atoms with E-state index in [4.69, 9.17) is 0 Å². The first-order chi connectivity index (χ1) is 9.54. The van der Waals surface area contributed by atoms with Crippen LogP contribution in [0.2, 0.25) is 0 Å². The summed E-state index contributed by atoms with van der Waals surface area (Å²) < 4.78 is 0. The molecular weight excluding hydrogens is 264 g/mol. The van der Waals surface area contributed by atoms with Crippen LogP contribution in [-0.4, -0.2) is 25.0 Å². The van der Waals surface area contributed by atoms with Crippen molar-refractivity contribution in [2.24, 2.45) is 11.8 Å². The highest BCUT2D eigenvalue weighted by Gasteiger charge is 2.19. The summed E-state index contributed by atoms with van der Waals surface area (Å²) in [5.74, 6) is 1.69. The van der Waals surface area contributed by atoms with E-state index in [0.717, 1.165) is 31.5 Å². The number of hydrogen-bond donors (Lipinski definition) is 1. The Morgan fingerprint density at radius 2 is 2.15 bits per heavy atom. The molecule has 2 nitrogen and oxygen atoms in total. The molecule has 0 amide bonds. The van der Waals surface area contributed by atoms with Gasteiger partial charge in [0.05, 0.1) is 0 Å². The Kier molecular flexibility index (Phi) is 6.06. The minimum absolute atomic E-state index is 0.726. The molecule has 20 heavy (non-hydrogen) atoms. The second kappa shape index (κ2) is 7.58. The number of hydrogen-bond acceptors (Lipinski definition) is 3. The zero-order valence-electron chi connectivity index (χ0n) is 13.5. The number of nitrogens with zero attached hydrogens (tertiary/aromatic N) is 1. The summed E-state index contributed by atoms with van der Waals surface area (Å²) in [6.07, 6.45) is 4.33. The second-order valence-corrected chi connectivity index (χ2v) is 8.15. The average Bonchev–Trinajstić information content (AvgIpc) is 2.64. The van der Waals surface area contributed by atoms with Gasteiger partial charge in [-0.1, -0.05) is 20.3 Å². The molecule has 0 atom stereocenters. The maximum Gasteiger partial charge on any atom is 0.0300 e. The first-order valence-corrected chi connectivity index (χ1v) is 8.83. The summed E-state index contributed by atoms with van der Waals surface area (Å²) in [5.41, 5.74) is 1.53. The Morgan fingerprint density at radius 1 is 1.40 bits per heavy atom. The van der Waals surface area contributed by atoms with Crippen molar-refractivity contribution >= 4 is 11.3 Å². The number of rotatable bonds is 8. The highest BCUT2D eigenvalue weighted by atomic mass is 32.1.